The van der Waals surface area contributed by atoms with Gasteiger partial charge in [0, 0.05) is 49.1 Å². The van der Waals surface area contributed by atoms with E-state index in [1.807, 2.05) is 36.2 Å². The molecule has 5 rings (SSSR count). The molecule has 0 amide bonds. The molecular weight excluding hydrogens is 408 g/mol. The second kappa shape index (κ2) is 9.18. The van der Waals surface area contributed by atoms with Crippen LogP contribution in [0, 0.1) is 5.92 Å². The predicted octanol–water partition coefficient (Wildman–Crippen LogP) is 5.62. The van der Waals surface area contributed by atoms with Crippen LogP contribution in [-0.2, 0) is 6.42 Å². The largest absolute Gasteiger partial charge is 0.393 e. The minimum Gasteiger partial charge on any atom is -0.393 e. The van der Waals surface area contributed by atoms with Crippen molar-refractivity contribution in [2.75, 3.05) is 7.05 Å². The fourth-order valence-corrected chi connectivity index (χ4v) is 5.14. The number of hydrogen-bond donors (Lipinski definition) is 1. The van der Waals surface area contributed by atoms with Gasteiger partial charge in [0.25, 0.3) is 0 Å². The third-order valence-corrected chi connectivity index (χ3v) is 6.94. The highest BCUT2D eigenvalue weighted by atomic mass is 16.1. The number of pyridine rings is 2. The summed E-state index contributed by atoms with van der Waals surface area (Å²) in [5.41, 5.74) is 8.13. The summed E-state index contributed by atoms with van der Waals surface area (Å²) in [6, 6.07) is 6.37. The first-order valence-electron chi connectivity index (χ1n) is 11.9. The second-order valence-electron chi connectivity index (χ2n) is 8.99. The molecule has 0 bridgehead atoms. The van der Waals surface area contributed by atoms with Crippen LogP contribution in [0.2, 0.25) is 0 Å². The lowest BCUT2D eigenvalue weighted by Gasteiger charge is -2.12. The molecule has 1 N–H and O–H groups in total. The number of ketones is 1. The summed E-state index contributed by atoms with van der Waals surface area (Å²) < 4.78 is 1.82. The van der Waals surface area contributed by atoms with Crippen molar-refractivity contribution >= 4 is 22.4 Å². The van der Waals surface area contributed by atoms with Gasteiger partial charge in [0.1, 0.15) is 0 Å². The van der Waals surface area contributed by atoms with Gasteiger partial charge in [0.05, 0.1) is 23.0 Å². The molecule has 3 aromatic rings. The number of nitrogens with zero attached hydrogens (tertiary/aromatic N) is 3. The topological polar surface area (TPSA) is 59.3 Å². The van der Waals surface area contributed by atoms with Gasteiger partial charge >= 0.3 is 0 Å². The summed E-state index contributed by atoms with van der Waals surface area (Å²) in [5.74, 6) is 0.375. The van der Waals surface area contributed by atoms with Crippen LogP contribution in [0.4, 0.5) is 0 Å². The highest BCUT2D eigenvalue weighted by molar-refractivity contribution is 6.04. The Balaban J connectivity index is 1.51. The van der Waals surface area contributed by atoms with Crippen molar-refractivity contribution in [3.63, 3.8) is 0 Å². The van der Waals surface area contributed by atoms with Gasteiger partial charge in [-0.25, -0.2) is 4.52 Å². The SMILES string of the molecule is C=C/C(=C\NC)c1cnc2c(c1)C(c1ccn3ncc(C(=O)C4CCCCCC4)c3c1)=CC2. The monoisotopic (exact) mass is 438 g/mol. The van der Waals surface area contributed by atoms with E-state index in [1.54, 1.807) is 6.20 Å². The van der Waals surface area contributed by atoms with E-state index in [1.165, 1.54) is 12.8 Å². The van der Waals surface area contributed by atoms with Crippen LogP contribution in [0.15, 0.2) is 61.7 Å². The molecule has 0 saturated heterocycles. The van der Waals surface area contributed by atoms with Crippen molar-refractivity contribution in [1.82, 2.24) is 19.9 Å². The molecule has 0 radical (unpaired) electrons. The van der Waals surface area contributed by atoms with Gasteiger partial charge in [0.2, 0.25) is 0 Å². The maximum atomic E-state index is 13.4. The first-order valence-corrected chi connectivity index (χ1v) is 11.9. The average Bonchev–Trinajstić information content (AvgIpc) is 3.35. The Morgan fingerprint density at radius 2 is 2.00 bits per heavy atom. The van der Waals surface area contributed by atoms with Crippen LogP contribution in [-0.4, -0.2) is 27.4 Å². The number of rotatable bonds is 6. The Morgan fingerprint density at radius 1 is 1.18 bits per heavy atom. The first kappa shape index (κ1) is 21.4. The fourth-order valence-electron chi connectivity index (χ4n) is 5.14. The number of carbonyl (C=O) groups excluding carboxylic acids is 1. The highest BCUT2D eigenvalue weighted by Gasteiger charge is 2.25. The summed E-state index contributed by atoms with van der Waals surface area (Å²) in [6.45, 7) is 3.93. The summed E-state index contributed by atoms with van der Waals surface area (Å²) in [6.07, 6.45) is 19.2. The van der Waals surface area contributed by atoms with E-state index in [2.05, 4.69) is 41.3 Å². The number of allylic oxidation sites excluding steroid dienone is 3. The van der Waals surface area contributed by atoms with E-state index in [4.69, 9.17) is 4.98 Å². The van der Waals surface area contributed by atoms with E-state index in [-0.39, 0.29) is 11.7 Å². The molecule has 5 nitrogen and oxygen atoms in total. The number of carbonyl (C=O) groups is 1. The number of hydrogen-bond acceptors (Lipinski definition) is 4. The predicted molar refractivity (Wildman–Crippen MR) is 133 cm³/mol. The van der Waals surface area contributed by atoms with Crippen LogP contribution in [0.1, 0.15) is 71.3 Å². The molecule has 0 aromatic carbocycles. The normalized spacial score (nSPS) is 16.9. The van der Waals surface area contributed by atoms with Crippen LogP contribution < -0.4 is 5.32 Å². The molecular formula is C28H30N4O. The van der Waals surface area contributed by atoms with Gasteiger partial charge in [-0.05, 0) is 47.8 Å². The van der Waals surface area contributed by atoms with Crippen molar-refractivity contribution in [1.29, 1.82) is 0 Å². The zero-order valence-electron chi connectivity index (χ0n) is 19.2. The van der Waals surface area contributed by atoms with Gasteiger partial charge in [-0.3, -0.25) is 9.78 Å². The minimum absolute atomic E-state index is 0.124. The molecule has 3 heterocycles. The summed E-state index contributed by atoms with van der Waals surface area (Å²) >= 11 is 0. The van der Waals surface area contributed by atoms with Gasteiger partial charge in [-0.1, -0.05) is 44.4 Å². The smallest absolute Gasteiger partial charge is 0.169 e. The van der Waals surface area contributed by atoms with Crippen LogP contribution in [0.3, 0.4) is 0 Å². The molecule has 1 saturated carbocycles. The Kier molecular flexibility index (Phi) is 5.95. The van der Waals surface area contributed by atoms with Crippen molar-refractivity contribution in [2.24, 2.45) is 5.92 Å². The van der Waals surface area contributed by atoms with Crippen LogP contribution in [0.25, 0.3) is 16.7 Å². The Labute approximate surface area is 194 Å². The van der Waals surface area contributed by atoms with Crippen molar-refractivity contribution in [3.8, 4) is 0 Å². The van der Waals surface area contributed by atoms with Crippen LogP contribution >= 0.6 is 0 Å². The number of nitrogens with one attached hydrogen (secondary N) is 1. The Morgan fingerprint density at radius 3 is 2.76 bits per heavy atom. The number of fused-ring (bicyclic) bond motifs is 2. The maximum absolute atomic E-state index is 13.4. The van der Waals surface area contributed by atoms with E-state index < -0.39 is 0 Å². The van der Waals surface area contributed by atoms with E-state index >= 15 is 0 Å². The lowest BCUT2D eigenvalue weighted by atomic mass is 9.91. The van der Waals surface area contributed by atoms with Crippen molar-refractivity contribution < 1.29 is 4.79 Å². The van der Waals surface area contributed by atoms with Gasteiger partial charge < -0.3 is 5.32 Å². The molecule has 168 valence electrons. The van der Waals surface area contributed by atoms with E-state index in [0.717, 1.165) is 76.7 Å². The minimum atomic E-state index is 0.124. The standard InChI is InChI=1S/C28H30N4O/c1-3-19(16-29-2)22-14-24-23(10-11-26(24)30-17-22)21-12-13-32-27(15-21)25(18-31-32)28(33)20-8-6-4-5-7-9-20/h3,10,12-18,20,29H,1,4-9,11H2,2H3/b19-16+. The van der Waals surface area contributed by atoms with Crippen molar-refractivity contribution in [3.05, 3.63) is 89.7 Å². The zero-order valence-corrected chi connectivity index (χ0v) is 19.2. The second-order valence-corrected chi connectivity index (χ2v) is 8.99. The fraction of sp³-hybridized carbons (Fsp3) is 0.321. The third-order valence-electron chi connectivity index (χ3n) is 6.94. The molecule has 0 unspecified atom stereocenters. The number of Topliss-reactive ketones (excluding diaryl/α,β-unsaturated/α-hetero) is 1. The Hall–Kier alpha value is -3.47. The molecule has 1 fully saturated rings. The summed E-state index contributed by atoms with van der Waals surface area (Å²) in [7, 11) is 1.88. The molecule has 0 spiro atoms. The highest BCUT2D eigenvalue weighted by Crippen LogP contribution is 2.35. The molecule has 0 aliphatic heterocycles. The summed E-state index contributed by atoms with van der Waals surface area (Å²) in [5, 5.41) is 7.55. The van der Waals surface area contributed by atoms with Gasteiger partial charge in [0.15, 0.2) is 5.78 Å². The molecule has 3 aromatic heterocycles. The zero-order chi connectivity index (χ0) is 22.8. The van der Waals surface area contributed by atoms with Crippen molar-refractivity contribution in [2.45, 2.75) is 44.9 Å². The van der Waals surface area contributed by atoms with Gasteiger partial charge in [-0.2, -0.15) is 5.10 Å². The van der Waals surface area contributed by atoms with Gasteiger partial charge in [-0.15, -0.1) is 0 Å². The van der Waals surface area contributed by atoms with E-state index in [0.29, 0.717) is 0 Å². The molecule has 33 heavy (non-hydrogen) atoms. The average molecular weight is 439 g/mol. The van der Waals surface area contributed by atoms with E-state index in [9.17, 15) is 4.79 Å². The Bertz CT molecular complexity index is 1270. The molecule has 5 heteroatoms. The van der Waals surface area contributed by atoms with Crippen LogP contribution in [0.5, 0.6) is 0 Å². The summed E-state index contributed by atoms with van der Waals surface area (Å²) in [4.78, 5) is 18.1. The number of aromatic nitrogens is 3. The maximum Gasteiger partial charge on any atom is 0.169 e. The lowest BCUT2D eigenvalue weighted by Crippen LogP contribution is -2.13. The molecule has 2 aliphatic carbocycles. The lowest BCUT2D eigenvalue weighted by molar-refractivity contribution is 0.0909. The quantitative estimate of drug-likeness (QED) is 0.308. The molecule has 0 atom stereocenters. The third kappa shape index (κ3) is 4.04. The first-order chi connectivity index (χ1) is 16.2. The molecule has 2 aliphatic rings.